The van der Waals surface area contributed by atoms with Crippen molar-refractivity contribution in [2.24, 2.45) is 0 Å². The zero-order valence-corrected chi connectivity index (χ0v) is 12.6. The van der Waals surface area contributed by atoms with Crippen LogP contribution in [0.4, 0.5) is 20.2 Å². The maximum absolute atomic E-state index is 13.3. The van der Waals surface area contributed by atoms with E-state index in [4.69, 9.17) is 16.7 Å². The maximum Gasteiger partial charge on any atom is 0.281 e. The Balaban J connectivity index is 1.86. The quantitative estimate of drug-likeness (QED) is 0.659. The Morgan fingerprint density at radius 3 is 2.21 bits per heavy atom. The first-order valence-electron chi connectivity index (χ1n) is 6.67. The number of rotatable bonds is 3. The summed E-state index contributed by atoms with van der Waals surface area (Å²) in [5.74, 6) is -4.79. The molecule has 0 saturated carbocycles. The summed E-state index contributed by atoms with van der Waals surface area (Å²) in [7, 11) is 0. The van der Waals surface area contributed by atoms with Gasteiger partial charge in [0.15, 0.2) is 17.4 Å². The molecule has 2 amide bonds. The van der Waals surface area contributed by atoms with E-state index in [1.807, 2.05) is 0 Å². The lowest BCUT2D eigenvalue weighted by molar-refractivity contribution is -0.120. The van der Waals surface area contributed by atoms with E-state index in [2.05, 4.69) is 5.32 Å². The van der Waals surface area contributed by atoms with E-state index in [0.29, 0.717) is 10.7 Å². The molecule has 2 N–H and O–H groups in total. The lowest BCUT2D eigenvalue weighted by Gasteiger charge is -2.15. The van der Waals surface area contributed by atoms with E-state index in [9.17, 15) is 18.4 Å². The normalized spacial score (nSPS) is 14.1. The lowest BCUT2D eigenvalue weighted by atomic mass is 10.2. The Hall–Kier alpha value is -2.93. The van der Waals surface area contributed by atoms with Crippen LogP contribution in [0.1, 0.15) is 0 Å². The molecule has 2 aromatic rings. The fourth-order valence-corrected chi connectivity index (χ4v) is 2.31. The van der Waals surface area contributed by atoms with E-state index in [1.54, 1.807) is 0 Å². The van der Waals surface area contributed by atoms with E-state index >= 15 is 0 Å². The Kier molecular flexibility index (Phi) is 3.94. The van der Waals surface area contributed by atoms with E-state index in [-0.39, 0.29) is 11.4 Å². The fraction of sp³-hybridized carbons (Fsp3) is 0. The molecule has 0 bridgehead atoms. The molecule has 3 rings (SSSR count). The Bertz CT molecular complexity index is 858. The highest BCUT2D eigenvalue weighted by molar-refractivity contribution is 6.32. The molecule has 0 saturated heterocycles. The van der Waals surface area contributed by atoms with Gasteiger partial charge < -0.3 is 10.4 Å². The first kappa shape index (κ1) is 15.9. The van der Waals surface area contributed by atoms with Crippen molar-refractivity contribution in [1.29, 1.82) is 0 Å². The summed E-state index contributed by atoms with van der Waals surface area (Å²) in [4.78, 5) is 25.3. The monoisotopic (exact) mass is 350 g/mol. The third-order valence-electron chi connectivity index (χ3n) is 3.30. The number of aromatic hydroxyl groups is 1. The summed E-state index contributed by atoms with van der Waals surface area (Å²) in [6.07, 6.45) is 1.01. The van der Waals surface area contributed by atoms with Crippen LogP contribution < -0.4 is 10.2 Å². The van der Waals surface area contributed by atoms with Crippen LogP contribution in [-0.4, -0.2) is 16.9 Å². The fourth-order valence-electron chi connectivity index (χ4n) is 2.19. The van der Waals surface area contributed by atoms with Gasteiger partial charge in [0.25, 0.3) is 11.8 Å². The summed E-state index contributed by atoms with van der Waals surface area (Å²) in [6.45, 7) is 0. The molecular formula is C16H9ClF2N2O3. The van der Waals surface area contributed by atoms with Crippen LogP contribution in [-0.2, 0) is 9.59 Å². The Labute approximate surface area is 139 Å². The number of amides is 2. The molecule has 0 fully saturated rings. The molecule has 5 nitrogen and oxygen atoms in total. The minimum Gasteiger partial charge on any atom is -0.503 e. The summed E-state index contributed by atoms with van der Waals surface area (Å²) in [5, 5.41) is 12.0. The third-order valence-corrected chi connectivity index (χ3v) is 3.55. The van der Waals surface area contributed by atoms with Gasteiger partial charge >= 0.3 is 0 Å². The van der Waals surface area contributed by atoms with Crippen molar-refractivity contribution >= 4 is 34.8 Å². The lowest BCUT2D eigenvalue weighted by Crippen LogP contribution is -2.31. The molecule has 0 aliphatic carbocycles. The molecule has 122 valence electrons. The van der Waals surface area contributed by atoms with Gasteiger partial charge in [0.2, 0.25) is 0 Å². The SMILES string of the molecule is O=C1C=C(Nc2cc(F)c(O)c(F)c2)C(=O)N1c1ccc(Cl)cc1. The van der Waals surface area contributed by atoms with Gasteiger partial charge in [0, 0.05) is 28.9 Å². The van der Waals surface area contributed by atoms with Crippen LogP contribution in [0, 0.1) is 11.6 Å². The average Bonchev–Trinajstić information content (AvgIpc) is 2.80. The van der Waals surface area contributed by atoms with Crippen molar-refractivity contribution in [2.75, 3.05) is 10.2 Å². The molecule has 1 heterocycles. The van der Waals surface area contributed by atoms with E-state index in [0.717, 1.165) is 23.1 Å². The second-order valence-corrected chi connectivity index (χ2v) is 5.36. The van der Waals surface area contributed by atoms with Crippen molar-refractivity contribution in [2.45, 2.75) is 0 Å². The second-order valence-electron chi connectivity index (χ2n) is 4.93. The number of nitrogens with one attached hydrogen (secondary N) is 1. The van der Waals surface area contributed by atoms with Gasteiger partial charge in [-0.25, -0.2) is 13.7 Å². The van der Waals surface area contributed by atoms with Crippen molar-refractivity contribution in [3.05, 3.63) is 64.8 Å². The van der Waals surface area contributed by atoms with Crippen molar-refractivity contribution in [3.8, 4) is 5.75 Å². The van der Waals surface area contributed by atoms with Gasteiger partial charge in [-0.05, 0) is 24.3 Å². The summed E-state index contributed by atoms with van der Waals surface area (Å²) < 4.78 is 26.7. The minimum atomic E-state index is -1.19. The number of carbonyl (C=O) groups is 2. The number of benzene rings is 2. The summed E-state index contributed by atoms with van der Waals surface area (Å²) in [5.41, 5.74) is 0.0399. The number of phenolic OH excluding ortho intramolecular Hbond substituents is 1. The van der Waals surface area contributed by atoms with Crippen LogP contribution in [0.2, 0.25) is 5.02 Å². The smallest absolute Gasteiger partial charge is 0.281 e. The molecular weight excluding hydrogens is 342 g/mol. The van der Waals surface area contributed by atoms with Gasteiger partial charge in [0.05, 0.1) is 5.69 Å². The zero-order valence-electron chi connectivity index (χ0n) is 11.9. The van der Waals surface area contributed by atoms with Gasteiger partial charge in [-0.15, -0.1) is 0 Å². The Morgan fingerprint density at radius 1 is 1.04 bits per heavy atom. The van der Waals surface area contributed by atoms with Gasteiger partial charge in [-0.2, -0.15) is 0 Å². The minimum absolute atomic E-state index is 0.117. The highest BCUT2D eigenvalue weighted by atomic mass is 35.5. The number of phenols is 1. The molecule has 0 atom stereocenters. The first-order valence-corrected chi connectivity index (χ1v) is 7.05. The number of hydrogen-bond acceptors (Lipinski definition) is 4. The molecule has 0 radical (unpaired) electrons. The highest BCUT2D eigenvalue weighted by Crippen LogP contribution is 2.28. The molecule has 24 heavy (non-hydrogen) atoms. The van der Waals surface area contributed by atoms with Gasteiger partial charge in [-0.3, -0.25) is 9.59 Å². The number of imide groups is 1. The van der Waals surface area contributed by atoms with Crippen LogP contribution in [0.25, 0.3) is 0 Å². The van der Waals surface area contributed by atoms with Crippen molar-refractivity contribution in [1.82, 2.24) is 0 Å². The summed E-state index contributed by atoms with van der Waals surface area (Å²) in [6, 6.07) is 7.65. The molecule has 0 aromatic heterocycles. The number of carbonyl (C=O) groups excluding carboxylic acids is 2. The Morgan fingerprint density at radius 2 is 1.62 bits per heavy atom. The standard InChI is InChI=1S/C16H9ClF2N2O3/c17-8-1-3-10(4-2-8)21-14(22)7-13(16(21)24)20-9-5-11(18)15(23)12(19)6-9/h1-7,20,23H. The highest BCUT2D eigenvalue weighted by Gasteiger charge is 2.32. The molecule has 0 unspecified atom stereocenters. The molecule has 1 aliphatic rings. The molecule has 1 aliphatic heterocycles. The topological polar surface area (TPSA) is 69.6 Å². The summed E-state index contributed by atoms with van der Waals surface area (Å²) >= 11 is 5.76. The second kappa shape index (κ2) is 5.93. The van der Waals surface area contributed by atoms with Crippen LogP contribution >= 0.6 is 11.6 Å². The molecule has 2 aromatic carbocycles. The van der Waals surface area contributed by atoms with Crippen LogP contribution in [0.5, 0.6) is 5.75 Å². The first-order chi connectivity index (χ1) is 11.4. The third kappa shape index (κ3) is 2.81. The maximum atomic E-state index is 13.3. The number of hydrogen-bond donors (Lipinski definition) is 2. The predicted octanol–water partition coefficient (Wildman–Crippen LogP) is 3.19. The van der Waals surface area contributed by atoms with Gasteiger partial charge in [0.1, 0.15) is 5.70 Å². The predicted molar refractivity (Wildman–Crippen MR) is 83.7 cm³/mol. The van der Waals surface area contributed by atoms with E-state index < -0.39 is 29.2 Å². The average molecular weight is 351 g/mol. The van der Waals surface area contributed by atoms with Crippen LogP contribution in [0.15, 0.2) is 48.2 Å². The van der Waals surface area contributed by atoms with Crippen LogP contribution in [0.3, 0.4) is 0 Å². The largest absolute Gasteiger partial charge is 0.503 e. The van der Waals surface area contributed by atoms with Crippen molar-refractivity contribution in [3.63, 3.8) is 0 Å². The molecule has 8 heteroatoms. The number of halogens is 3. The molecule has 0 spiro atoms. The number of nitrogens with zero attached hydrogens (tertiary/aromatic N) is 1. The van der Waals surface area contributed by atoms with Gasteiger partial charge in [-0.1, -0.05) is 11.6 Å². The number of anilines is 2. The van der Waals surface area contributed by atoms with E-state index in [1.165, 1.54) is 24.3 Å². The zero-order chi connectivity index (χ0) is 17.4. The van der Waals surface area contributed by atoms with Crippen molar-refractivity contribution < 1.29 is 23.5 Å².